The molecular formula is C14H17FN4. The zero-order valence-electron chi connectivity index (χ0n) is 10.9. The molecule has 1 aliphatic rings. The van der Waals surface area contributed by atoms with E-state index in [1.54, 1.807) is 18.5 Å². The quantitative estimate of drug-likeness (QED) is 0.851. The van der Waals surface area contributed by atoms with Crippen LogP contribution in [0.5, 0.6) is 0 Å². The molecule has 3 rings (SSSR count). The van der Waals surface area contributed by atoms with Gasteiger partial charge in [-0.05, 0) is 24.5 Å². The van der Waals surface area contributed by atoms with Gasteiger partial charge in [0, 0.05) is 31.5 Å². The van der Waals surface area contributed by atoms with Gasteiger partial charge in [-0.25, -0.2) is 4.39 Å². The standard InChI is InChI=1S/C14H17FN4/c1-9-6-10(16)8-19(7-9)14-11(15)2-3-12-13(14)18-5-4-17-12/h2-5,9-10H,6-8,16H2,1H3/t9-,10+/m0/s1. The Balaban J connectivity index is 2.10. The molecule has 5 heteroatoms. The molecule has 4 nitrogen and oxygen atoms in total. The summed E-state index contributed by atoms with van der Waals surface area (Å²) in [6.45, 7) is 3.61. The van der Waals surface area contributed by atoms with Crippen LogP contribution in [0.15, 0.2) is 24.5 Å². The fraction of sp³-hybridized carbons (Fsp3) is 0.429. The number of aromatic nitrogens is 2. The largest absolute Gasteiger partial charge is 0.366 e. The van der Waals surface area contributed by atoms with Gasteiger partial charge in [0.05, 0.1) is 5.52 Å². The molecule has 0 radical (unpaired) electrons. The van der Waals surface area contributed by atoms with E-state index in [1.807, 2.05) is 4.90 Å². The molecule has 2 heterocycles. The van der Waals surface area contributed by atoms with E-state index in [4.69, 9.17) is 5.73 Å². The maximum absolute atomic E-state index is 14.2. The Morgan fingerprint density at radius 3 is 2.84 bits per heavy atom. The van der Waals surface area contributed by atoms with Crippen LogP contribution in [0.25, 0.3) is 11.0 Å². The third-order valence-electron chi connectivity index (χ3n) is 3.57. The minimum Gasteiger partial charge on any atom is -0.366 e. The summed E-state index contributed by atoms with van der Waals surface area (Å²) in [6.07, 6.45) is 4.20. The first-order chi connectivity index (χ1) is 9.15. The minimum atomic E-state index is -0.255. The first-order valence-corrected chi connectivity index (χ1v) is 6.55. The topological polar surface area (TPSA) is 55.0 Å². The average Bonchev–Trinajstić information content (AvgIpc) is 2.37. The summed E-state index contributed by atoms with van der Waals surface area (Å²) < 4.78 is 14.2. The van der Waals surface area contributed by atoms with Gasteiger partial charge in [0.15, 0.2) is 0 Å². The van der Waals surface area contributed by atoms with Gasteiger partial charge in [-0.15, -0.1) is 0 Å². The second kappa shape index (κ2) is 4.74. The van der Waals surface area contributed by atoms with Gasteiger partial charge in [0.25, 0.3) is 0 Å². The molecule has 1 aromatic carbocycles. The number of piperidine rings is 1. The van der Waals surface area contributed by atoms with Crippen LogP contribution in [0.2, 0.25) is 0 Å². The van der Waals surface area contributed by atoms with E-state index in [9.17, 15) is 4.39 Å². The number of benzene rings is 1. The summed E-state index contributed by atoms with van der Waals surface area (Å²) >= 11 is 0. The molecule has 19 heavy (non-hydrogen) atoms. The summed E-state index contributed by atoms with van der Waals surface area (Å²) in [7, 11) is 0. The summed E-state index contributed by atoms with van der Waals surface area (Å²) in [5, 5.41) is 0. The van der Waals surface area contributed by atoms with E-state index >= 15 is 0 Å². The van der Waals surface area contributed by atoms with Crippen LogP contribution in [0, 0.1) is 11.7 Å². The fourth-order valence-corrected chi connectivity index (χ4v) is 2.88. The van der Waals surface area contributed by atoms with Gasteiger partial charge in [-0.2, -0.15) is 0 Å². The van der Waals surface area contributed by atoms with Gasteiger partial charge >= 0.3 is 0 Å². The number of hydrogen-bond donors (Lipinski definition) is 1. The van der Waals surface area contributed by atoms with Crippen LogP contribution in [-0.2, 0) is 0 Å². The Morgan fingerprint density at radius 1 is 1.26 bits per heavy atom. The number of anilines is 1. The van der Waals surface area contributed by atoms with Crippen LogP contribution < -0.4 is 10.6 Å². The number of nitrogens with zero attached hydrogens (tertiary/aromatic N) is 3. The Hall–Kier alpha value is -1.75. The lowest BCUT2D eigenvalue weighted by Crippen LogP contribution is -2.46. The normalized spacial score (nSPS) is 23.8. The van der Waals surface area contributed by atoms with Gasteiger partial charge < -0.3 is 10.6 Å². The molecule has 2 atom stereocenters. The maximum Gasteiger partial charge on any atom is 0.148 e. The van der Waals surface area contributed by atoms with Gasteiger partial charge in [0.1, 0.15) is 17.0 Å². The highest BCUT2D eigenvalue weighted by atomic mass is 19.1. The molecular weight excluding hydrogens is 243 g/mol. The van der Waals surface area contributed by atoms with Crippen molar-refractivity contribution in [2.75, 3.05) is 18.0 Å². The van der Waals surface area contributed by atoms with E-state index in [1.165, 1.54) is 6.07 Å². The lowest BCUT2D eigenvalue weighted by atomic mass is 9.96. The molecule has 0 unspecified atom stereocenters. The zero-order valence-corrected chi connectivity index (χ0v) is 10.9. The number of fused-ring (bicyclic) bond motifs is 1. The highest BCUT2D eigenvalue weighted by Gasteiger charge is 2.26. The number of halogens is 1. The molecule has 0 bridgehead atoms. The molecule has 2 N–H and O–H groups in total. The molecule has 2 aromatic rings. The third kappa shape index (κ3) is 2.26. The SMILES string of the molecule is C[C@H]1C[C@@H](N)CN(c2c(F)ccc3nccnc23)C1. The van der Waals surface area contributed by atoms with Crippen LogP contribution in [-0.4, -0.2) is 29.1 Å². The fourth-order valence-electron chi connectivity index (χ4n) is 2.88. The van der Waals surface area contributed by atoms with Gasteiger partial charge in [-0.1, -0.05) is 6.92 Å². The second-order valence-corrected chi connectivity index (χ2v) is 5.33. The zero-order chi connectivity index (χ0) is 13.4. The summed E-state index contributed by atoms with van der Waals surface area (Å²) in [4.78, 5) is 10.5. The number of hydrogen-bond acceptors (Lipinski definition) is 4. The smallest absolute Gasteiger partial charge is 0.148 e. The van der Waals surface area contributed by atoms with Crippen molar-refractivity contribution in [1.29, 1.82) is 0 Å². The highest BCUT2D eigenvalue weighted by Crippen LogP contribution is 2.30. The van der Waals surface area contributed by atoms with E-state index in [-0.39, 0.29) is 11.9 Å². The van der Waals surface area contributed by atoms with Crippen molar-refractivity contribution in [3.63, 3.8) is 0 Å². The van der Waals surface area contributed by atoms with Crippen LogP contribution in [0.3, 0.4) is 0 Å². The average molecular weight is 260 g/mol. The first-order valence-electron chi connectivity index (χ1n) is 6.55. The van der Waals surface area contributed by atoms with Crippen LogP contribution in [0.4, 0.5) is 10.1 Å². The second-order valence-electron chi connectivity index (χ2n) is 5.33. The van der Waals surface area contributed by atoms with Crippen molar-refractivity contribution < 1.29 is 4.39 Å². The Kier molecular flexibility index (Phi) is 3.06. The molecule has 1 saturated heterocycles. The van der Waals surface area contributed by atoms with E-state index < -0.39 is 0 Å². The molecule has 1 aliphatic heterocycles. The van der Waals surface area contributed by atoms with E-state index in [2.05, 4.69) is 16.9 Å². The molecule has 0 amide bonds. The van der Waals surface area contributed by atoms with Crippen molar-refractivity contribution in [3.05, 3.63) is 30.3 Å². The molecule has 1 aromatic heterocycles. The van der Waals surface area contributed by atoms with Crippen molar-refractivity contribution in [2.24, 2.45) is 11.7 Å². The summed E-state index contributed by atoms with van der Waals surface area (Å²) in [6, 6.07) is 3.20. The van der Waals surface area contributed by atoms with Crippen molar-refractivity contribution in [3.8, 4) is 0 Å². The van der Waals surface area contributed by atoms with Gasteiger partial charge in [0.2, 0.25) is 0 Å². The Morgan fingerprint density at radius 2 is 2.05 bits per heavy atom. The summed E-state index contributed by atoms with van der Waals surface area (Å²) in [5.74, 6) is 0.198. The lowest BCUT2D eigenvalue weighted by molar-refractivity contribution is 0.399. The molecule has 1 fully saturated rings. The van der Waals surface area contributed by atoms with Crippen molar-refractivity contribution in [2.45, 2.75) is 19.4 Å². The predicted octanol–water partition coefficient (Wildman–Crippen LogP) is 1.94. The lowest BCUT2D eigenvalue weighted by Gasteiger charge is -2.36. The molecule has 100 valence electrons. The van der Waals surface area contributed by atoms with E-state index in [0.29, 0.717) is 29.2 Å². The monoisotopic (exact) mass is 260 g/mol. The van der Waals surface area contributed by atoms with Crippen molar-refractivity contribution in [1.82, 2.24) is 9.97 Å². The van der Waals surface area contributed by atoms with E-state index in [0.717, 1.165) is 13.0 Å². The third-order valence-corrected chi connectivity index (χ3v) is 3.57. The minimum absolute atomic E-state index is 0.0788. The predicted molar refractivity (Wildman–Crippen MR) is 73.5 cm³/mol. The molecule has 0 aliphatic carbocycles. The Bertz CT molecular complexity index is 591. The maximum atomic E-state index is 14.2. The van der Waals surface area contributed by atoms with Crippen LogP contribution >= 0.6 is 0 Å². The highest BCUT2D eigenvalue weighted by molar-refractivity contribution is 5.88. The Labute approximate surface area is 111 Å². The number of rotatable bonds is 1. The first kappa shape index (κ1) is 12.3. The number of nitrogens with two attached hydrogens (primary N) is 1. The summed E-state index contributed by atoms with van der Waals surface area (Å²) in [5.41, 5.74) is 7.91. The van der Waals surface area contributed by atoms with Crippen molar-refractivity contribution >= 4 is 16.7 Å². The van der Waals surface area contributed by atoms with Crippen LogP contribution in [0.1, 0.15) is 13.3 Å². The molecule has 0 spiro atoms. The van der Waals surface area contributed by atoms with Gasteiger partial charge in [-0.3, -0.25) is 9.97 Å². The molecule has 0 saturated carbocycles.